The van der Waals surface area contributed by atoms with E-state index in [1.54, 1.807) is 0 Å². The molecule has 5 heteroatoms. The highest BCUT2D eigenvalue weighted by atomic mass is 16.2. The molecule has 1 heterocycles. The maximum Gasteiger partial charge on any atom is 0.257 e. The molecule has 0 atom stereocenters. The molecule has 3 aromatic rings. The van der Waals surface area contributed by atoms with E-state index in [0.29, 0.717) is 22.5 Å². The van der Waals surface area contributed by atoms with E-state index in [0.717, 1.165) is 12.0 Å². The topological polar surface area (TPSA) is 71.1 Å². The first-order chi connectivity index (χ1) is 13.0. The van der Waals surface area contributed by atoms with Crippen molar-refractivity contribution >= 4 is 23.2 Å². The number of nitrogens with one attached hydrogen (secondary N) is 2. The predicted molar refractivity (Wildman–Crippen MR) is 107 cm³/mol. The molecule has 0 fully saturated rings. The van der Waals surface area contributed by atoms with Crippen LogP contribution in [0.3, 0.4) is 0 Å². The van der Waals surface area contributed by atoms with Crippen LogP contribution in [-0.2, 0) is 6.42 Å². The van der Waals surface area contributed by atoms with Gasteiger partial charge < -0.3 is 10.6 Å². The fraction of sp³-hybridized carbons (Fsp3) is 0.136. The van der Waals surface area contributed by atoms with Gasteiger partial charge in [0.25, 0.3) is 11.8 Å². The lowest BCUT2D eigenvalue weighted by Crippen LogP contribution is -2.16. The number of carbonyl (C=O) groups is 2. The lowest BCUT2D eigenvalue weighted by molar-refractivity contribution is 0.102. The molecule has 2 aromatic carbocycles. The molecule has 0 saturated carbocycles. The predicted octanol–water partition coefficient (Wildman–Crippen LogP) is 4.46. The van der Waals surface area contributed by atoms with E-state index in [-0.39, 0.29) is 11.8 Å². The van der Waals surface area contributed by atoms with Crippen molar-refractivity contribution < 1.29 is 9.59 Å². The number of carbonyl (C=O) groups excluding carboxylic acids is 2. The molecule has 0 spiro atoms. The summed E-state index contributed by atoms with van der Waals surface area (Å²) in [6.45, 7) is 4.03. The van der Waals surface area contributed by atoms with Crippen LogP contribution < -0.4 is 10.6 Å². The van der Waals surface area contributed by atoms with Crippen molar-refractivity contribution in [2.75, 3.05) is 10.6 Å². The van der Waals surface area contributed by atoms with Gasteiger partial charge in [0.2, 0.25) is 0 Å². The molecular formula is C22H21N3O2. The molecule has 136 valence electrons. The Morgan fingerprint density at radius 3 is 2.07 bits per heavy atom. The molecular weight excluding hydrogens is 338 g/mol. The lowest BCUT2D eigenvalue weighted by Gasteiger charge is -2.08. The molecule has 0 bridgehead atoms. The average molecular weight is 359 g/mol. The largest absolute Gasteiger partial charge is 0.322 e. The monoisotopic (exact) mass is 359 g/mol. The summed E-state index contributed by atoms with van der Waals surface area (Å²) in [4.78, 5) is 28.9. The minimum Gasteiger partial charge on any atom is -0.322 e. The molecule has 2 amide bonds. The second kappa shape index (κ2) is 8.27. The highest BCUT2D eigenvalue weighted by molar-refractivity contribution is 6.08. The molecule has 0 aliphatic heterocycles. The van der Waals surface area contributed by atoms with Crippen LogP contribution >= 0.6 is 0 Å². The minimum absolute atomic E-state index is 0.308. The molecule has 3 rings (SSSR count). The Labute approximate surface area is 158 Å². The first-order valence-corrected chi connectivity index (χ1v) is 8.78. The van der Waals surface area contributed by atoms with Crippen molar-refractivity contribution in [3.63, 3.8) is 0 Å². The summed E-state index contributed by atoms with van der Waals surface area (Å²) in [5.74, 6) is -0.619. The SMILES string of the molecule is CCc1ccc(NC(=O)c2cncc(C(=O)Nc3cccc(C)c3)c2)cc1. The van der Waals surface area contributed by atoms with Gasteiger partial charge in [-0.05, 0) is 54.8 Å². The van der Waals surface area contributed by atoms with Crippen LogP contribution in [-0.4, -0.2) is 16.8 Å². The van der Waals surface area contributed by atoms with E-state index < -0.39 is 0 Å². The van der Waals surface area contributed by atoms with E-state index in [1.807, 2.05) is 55.5 Å². The van der Waals surface area contributed by atoms with Gasteiger partial charge in [-0.2, -0.15) is 0 Å². The summed E-state index contributed by atoms with van der Waals surface area (Å²) >= 11 is 0. The summed E-state index contributed by atoms with van der Waals surface area (Å²) in [5.41, 5.74) is 4.30. The third kappa shape index (κ3) is 4.79. The van der Waals surface area contributed by atoms with Crippen molar-refractivity contribution in [1.82, 2.24) is 4.98 Å². The van der Waals surface area contributed by atoms with Gasteiger partial charge in [0.15, 0.2) is 0 Å². The number of hydrogen-bond donors (Lipinski definition) is 2. The van der Waals surface area contributed by atoms with Gasteiger partial charge in [-0.15, -0.1) is 0 Å². The number of pyridine rings is 1. The average Bonchev–Trinajstić information content (AvgIpc) is 2.68. The summed E-state index contributed by atoms with van der Waals surface area (Å²) < 4.78 is 0. The quantitative estimate of drug-likeness (QED) is 0.707. The van der Waals surface area contributed by atoms with Crippen LogP contribution in [0.25, 0.3) is 0 Å². The number of aromatic nitrogens is 1. The molecule has 0 unspecified atom stereocenters. The normalized spacial score (nSPS) is 10.3. The molecule has 0 saturated heterocycles. The van der Waals surface area contributed by atoms with Crippen molar-refractivity contribution in [2.24, 2.45) is 0 Å². The second-order valence-electron chi connectivity index (χ2n) is 6.29. The number of nitrogens with zero attached hydrogens (tertiary/aromatic N) is 1. The highest BCUT2D eigenvalue weighted by Gasteiger charge is 2.12. The zero-order chi connectivity index (χ0) is 19.2. The van der Waals surface area contributed by atoms with E-state index >= 15 is 0 Å². The zero-order valence-electron chi connectivity index (χ0n) is 15.3. The first-order valence-electron chi connectivity index (χ1n) is 8.78. The van der Waals surface area contributed by atoms with Crippen molar-refractivity contribution in [2.45, 2.75) is 20.3 Å². The molecule has 2 N–H and O–H groups in total. The Morgan fingerprint density at radius 1 is 0.852 bits per heavy atom. The van der Waals surface area contributed by atoms with Gasteiger partial charge in [-0.25, -0.2) is 0 Å². The number of benzene rings is 2. The Balaban J connectivity index is 1.71. The van der Waals surface area contributed by atoms with Gasteiger partial charge in [0.05, 0.1) is 11.1 Å². The Hall–Kier alpha value is -3.47. The standard InChI is InChI=1S/C22H21N3O2/c1-3-16-7-9-19(10-8-16)24-21(26)17-12-18(14-23-13-17)22(27)25-20-6-4-5-15(2)11-20/h4-14H,3H2,1-2H3,(H,24,26)(H,25,27). The molecule has 0 aliphatic carbocycles. The summed E-state index contributed by atoms with van der Waals surface area (Å²) in [6, 6.07) is 16.7. The van der Waals surface area contributed by atoms with Gasteiger partial charge in [-0.3, -0.25) is 14.6 Å². The molecule has 1 aromatic heterocycles. The van der Waals surface area contributed by atoms with Crippen LogP contribution in [0, 0.1) is 6.92 Å². The second-order valence-corrected chi connectivity index (χ2v) is 6.29. The van der Waals surface area contributed by atoms with Crippen molar-refractivity contribution in [3.8, 4) is 0 Å². The Morgan fingerprint density at radius 2 is 1.48 bits per heavy atom. The number of anilines is 2. The maximum atomic E-state index is 12.5. The van der Waals surface area contributed by atoms with Gasteiger partial charge in [-0.1, -0.05) is 31.2 Å². The Kier molecular flexibility index (Phi) is 5.61. The zero-order valence-corrected chi connectivity index (χ0v) is 15.3. The smallest absolute Gasteiger partial charge is 0.257 e. The first kappa shape index (κ1) is 18.3. The molecule has 0 radical (unpaired) electrons. The fourth-order valence-electron chi connectivity index (χ4n) is 2.64. The van der Waals surface area contributed by atoms with Gasteiger partial charge >= 0.3 is 0 Å². The van der Waals surface area contributed by atoms with E-state index in [2.05, 4.69) is 22.5 Å². The van der Waals surface area contributed by atoms with E-state index in [1.165, 1.54) is 24.0 Å². The molecule has 27 heavy (non-hydrogen) atoms. The van der Waals surface area contributed by atoms with Crippen LogP contribution in [0.5, 0.6) is 0 Å². The Bertz CT molecular complexity index is 965. The van der Waals surface area contributed by atoms with Gasteiger partial charge in [0.1, 0.15) is 0 Å². The summed E-state index contributed by atoms with van der Waals surface area (Å²) in [5, 5.41) is 5.64. The maximum absolute atomic E-state index is 12.5. The van der Waals surface area contributed by atoms with E-state index in [4.69, 9.17) is 0 Å². The van der Waals surface area contributed by atoms with Crippen LogP contribution in [0.4, 0.5) is 11.4 Å². The third-order valence-electron chi connectivity index (χ3n) is 4.16. The van der Waals surface area contributed by atoms with Gasteiger partial charge in [0, 0.05) is 23.8 Å². The van der Waals surface area contributed by atoms with Crippen LogP contribution in [0.2, 0.25) is 0 Å². The number of aryl methyl sites for hydroxylation is 2. The van der Waals surface area contributed by atoms with Crippen LogP contribution in [0.1, 0.15) is 38.8 Å². The lowest BCUT2D eigenvalue weighted by atomic mass is 10.1. The number of hydrogen-bond acceptors (Lipinski definition) is 3. The third-order valence-corrected chi connectivity index (χ3v) is 4.16. The molecule has 0 aliphatic rings. The fourth-order valence-corrected chi connectivity index (χ4v) is 2.64. The molecule has 5 nitrogen and oxygen atoms in total. The number of rotatable bonds is 5. The van der Waals surface area contributed by atoms with Crippen LogP contribution in [0.15, 0.2) is 67.0 Å². The highest BCUT2D eigenvalue weighted by Crippen LogP contribution is 2.14. The van der Waals surface area contributed by atoms with Crippen molar-refractivity contribution in [1.29, 1.82) is 0 Å². The summed E-state index contributed by atoms with van der Waals surface area (Å²) in [7, 11) is 0. The van der Waals surface area contributed by atoms with Crippen molar-refractivity contribution in [3.05, 3.63) is 89.2 Å². The number of amides is 2. The minimum atomic E-state index is -0.310. The summed E-state index contributed by atoms with van der Waals surface area (Å²) in [6.07, 6.45) is 3.83. The van der Waals surface area contributed by atoms with E-state index in [9.17, 15) is 9.59 Å².